The number of sulfonamides is 1. The van der Waals surface area contributed by atoms with Gasteiger partial charge in [0.1, 0.15) is 0 Å². The first-order chi connectivity index (χ1) is 7.63. The summed E-state index contributed by atoms with van der Waals surface area (Å²) in [5.41, 5.74) is 0.552. The van der Waals surface area contributed by atoms with Gasteiger partial charge in [-0.15, -0.1) is 0 Å². The average molecular weight is 235 g/mol. The lowest BCUT2D eigenvalue weighted by Gasteiger charge is -2.02. The molecule has 0 bridgehead atoms. The number of amides is 1. The maximum atomic E-state index is 11.4. The Morgan fingerprint density at radius 3 is 2.62 bits per heavy atom. The van der Waals surface area contributed by atoms with Gasteiger partial charge in [-0.25, -0.2) is 9.71 Å². The lowest BCUT2D eigenvalue weighted by molar-refractivity contribution is 0.546. The Bertz CT molecular complexity index is 637. The van der Waals surface area contributed by atoms with Gasteiger partial charge < -0.3 is 0 Å². The molecule has 0 spiro atoms. The summed E-state index contributed by atoms with van der Waals surface area (Å²) in [4.78, 5) is 14.0. The minimum Gasteiger partial charge on any atom is -0.262 e. The maximum absolute atomic E-state index is 11.4. The molecule has 1 N–H and O–H groups in total. The van der Waals surface area contributed by atoms with Crippen molar-refractivity contribution in [2.24, 2.45) is 0 Å². The second-order valence-corrected chi connectivity index (χ2v) is 4.68. The van der Waals surface area contributed by atoms with Gasteiger partial charge in [-0.1, -0.05) is 18.2 Å². The number of pyridine rings is 1. The van der Waals surface area contributed by atoms with Crippen LogP contribution in [-0.2, 0) is 14.8 Å². The second-order valence-electron chi connectivity index (χ2n) is 3.05. The number of aromatic nitrogens is 1. The maximum Gasteiger partial charge on any atom is 0.324 e. The first-order valence-corrected chi connectivity index (χ1v) is 5.86. The molecule has 0 saturated heterocycles. The number of carbonyl (C=O) groups excluding carboxylic acids is 1. The quantitative estimate of drug-likeness (QED) is 0.789. The van der Waals surface area contributed by atoms with E-state index in [9.17, 15) is 13.2 Å². The van der Waals surface area contributed by atoms with Crippen molar-refractivity contribution in [2.75, 3.05) is 0 Å². The molecule has 6 heteroatoms. The SMILES string of the molecule is O=[C]NS(=O)(=O)c1ccc2ccccc2n1. The Hall–Kier alpha value is -1.95. The van der Waals surface area contributed by atoms with E-state index in [0.717, 1.165) is 11.8 Å². The van der Waals surface area contributed by atoms with Crippen LogP contribution >= 0.6 is 0 Å². The van der Waals surface area contributed by atoms with E-state index in [1.54, 1.807) is 22.9 Å². The molecule has 16 heavy (non-hydrogen) atoms. The van der Waals surface area contributed by atoms with Crippen molar-refractivity contribution >= 4 is 27.3 Å². The van der Waals surface area contributed by atoms with E-state index >= 15 is 0 Å². The number of fused-ring (bicyclic) bond motifs is 1. The predicted molar refractivity (Wildman–Crippen MR) is 57.8 cm³/mol. The van der Waals surface area contributed by atoms with E-state index < -0.39 is 10.0 Å². The van der Waals surface area contributed by atoms with Gasteiger partial charge in [0.25, 0.3) is 10.0 Å². The molecule has 0 atom stereocenters. The molecule has 1 heterocycles. The fraction of sp³-hybridized carbons (Fsp3) is 0. The van der Waals surface area contributed by atoms with Crippen molar-refractivity contribution in [1.82, 2.24) is 9.71 Å². The largest absolute Gasteiger partial charge is 0.324 e. The third-order valence-corrected chi connectivity index (χ3v) is 3.15. The van der Waals surface area contributed by atoms with E-state index in [-0.39, 0.29) is 5.03 Å². The summed E-state index contributed by atoms with van der Waals surface area (Å²) < 4.78 is 24.5. The molecule has 1 aromatic heterocycles. The summed E-state index contributed by atoms with van der Waals surface area (Å²) in [6.07, 6.45) is 1.13. The van der Waals surface area contributed by atoms with E-state index in [1.807, 2.05) is 12.1 Å². The topological polar surface area (TPSA) is 76.1 Å². The van der Waals surface area contributed by atoms with Gasteiger partial charge >= 0.3 is 6.41 Å². The van der Waals surface area contributed by atoms with Gasteiger partial charge in [-0.2, -0.15) is 8.42 Å². The molecule has 81 valence electrons. The summed E-state index contributed by atoms with van der Waals surface area (Å²) >= 11 is 0. The molecule has 0 unspecified atom stereocenters. The average Bonchev–Trinajstić information content (AvgIpc) is 2.28. The van der Waals surface area contributed by atoms with Crippen molar-refractivity contribution in [3.8, 4) is 0 Å². The summed E-state index contributed by atoms with van der Waals surface area (Å²) in [5.74, 6) is 0. The Morgan fingerprint density at radius 2 is 1.88 bits per heavy atom. The van der Waals surface area contributed by atoms with Crippen molar-refractivity contribution in [1.29, 1.82) is 0 Å². The van der Waals surface area contributed by atoms with Gasteiger partial charge in [0.05, 0.1) is 5.52 Å². The fourth-order valence-electron chi connectivity index (χ4n) is 1.30. The zero-order chi connectivity index (χ0) is 11.6. The molecule has 0 saturated carbocycles. The predicted octanol–water partition coefficient (Wildman–Crippen LogP) is 0.580. The molecule has 1 radical (unpaired) electrons. The van der Waals surface area contributed by atoms with Crippen LogP contribution in [0, 0.1) is 0 Å². The first-order valence-electron chi connectivity index (χ1n) is 4.38. The van der Waals surface area contributed by atoms with Crippen molar-refractivity contribution in [2.45, 2.75) is 5.03 Å². The van der Waals surface area contributed by atoms with Gasteiger partial charge in [-0.3, -0.25) is 4.79 Å². The summed E-state index contributed by atoms with van der Waals surface area (Å²) in [6.45, 7) is 0. The van der Waals surface area contributed by atoms with E-state index in [1.165, 1.54) is 6.07 Å². The molecular formula is C10H7N2O3S. The summed E-state index contributed by atoms with van der Waals surface area (Å²) in [7, 11) is -3.89. The van der Waals surface area contributed by atoms with Crippen LogP contribution in [0.1, 0.15) is 0 Å². The van der Waals surface area contributed by atoms with Crippen LogP contribution in [0.3, 0.4) is 0 Å². The van der Waals surface area contributed by atoms with Crippen molar-refractivity contribution in [3.05, 3.63) is 36.4 Å². The molecule has 0 fully saturated rings. The van der Waals surface area contributed by atoms with Crippen LogP contribution in [0.4, 0.5) is 0 Å². The number of para-hydroxylation sites is 1. The Labute approximate surface area is 92.2 Å². The van der Waals surface area contributed by atoms with Crippen molar-refractivity contribution < 1.29 is 13.2 Å². The highest BCUT2D eigenvalue weighted by molar-refractivity contribution is 7.89. The minimum absolute atomic E-state index is 0.199. The van der Waals surface area contributed by atoms with Gasteiger partial charge in [0, 0.05) is 5.39 Å². The lowest BCUT2D eigenvalue weighted by atomic mass is 10.2. The second kappa shape index (κ2) is 3.90. The molecule has 1 amide bonds. The molecule has 2 aromatic rings. The minimum atomic E-state index is -3.89. The highest BCUT2D eigenvalue weighted by Gasteiger charge is 2.14. The summed E-state index contributed by atoms with van der Waals surface area (Å²) in [5, 5.41) is 0.631. The molecular weight excluding hydrogens is 228 g/mol. The number of benzene rings is 1. The van der Waals surface area contributed by atoms with E-state index in [2.05, 4.69) is 4.98 Å². The monoisotopic (exact) mass is 235 g/mol. The summed E-state index contributed by atoms with van der Waals surface area (Å²) in [6, 6.07) is 10.1. The normalized spacial score (nSPS) is 11.2. The van der Waals surface area contributed by atoms with E-state index in [0.29, 0.717) is 5.52 Å². The number of nitrogens with one attached hydrogen (secondary N) is 1. The molecule has 2 rings (SSSR count). The van der Waals surface area contributed by atoms with Gasteiger partial charge in [0.15, 0.2) is 5.03 Å². The van der Waals surface area contributed by atoms with E-state index in [4.69, 9.17) is 0 Å². The number of rotatable bonds is 3. The molecule has 0 aliphatic carbocycles. The number of hydrogen-bond donors (Lipinski definition) is 1. The van der Waals surface area contributed by atoms with Crippen LogP contribution < -0.4 is 4.72 Å². The van der Waals surface area contributed by atoms with Crippen LogP contribution in [0.15, 0.2) is 41.4 Å². The smallest absolute Gasteiger partial charge is 0.262 e. The number of nitrogens with zero attached hydrogens (tertiary/aromatic N) is 1. The van der Waals surface area contributed by atoms with Crippen LogP contribution in [0.25, 0.3) is 10.9 Å². The standard InChI is InChI=1S/C10H7N2O3S/c13-7-11-16(14,15)10-6-5-8-3-1-2-4-9(8)12-10/h1-6H,(H,11,13). The van der Waals surface area contributed by atoms with Crippen LogP contribution in [0.5, 0.6) is 0 Å². The zero-order valence-corrected chi connectivity index (χ0v) is 8.86. The lowest BCUT2D eigenvalue weighted by Crippen LogP contribution is -2.22. The first kappa shape index (κ1) is 10.6. The Kier molecular flexibility index (Phi) is 2.57. The van der Waals surface area contributed by atoms with Crippen molar-refractivity contribution in [3.63, 3.8) is 0 Å². The number of hydrogen-bond acceptors (Lipinski definition) is 4. The van der Waals surface area contributed by atoms with Crippen LogP contribution in [0.2, 0.25) is 0 Å². The Morgan fingerprint density at radius 1 is 1.12 bits per heavy atom. The highest BCUT2D eigenvalue weighted by Crippen LogP contribution is 2.14. The molecule has 0 aliphatic heterocycles. The highest BCUT2D eigenvalue weighted by atomic mass is 32.2. The van der Waals surface area contributed by atoms with Crippen LogP contribution in [-0.4, -0.2) is 19.8 Å². The Balaban J connectivity index is 2.59. The van der Waals surface area contributed by atoms with Gasteiger partial charge in [-0.05, 0) is 18.2 Å². The third kappa shape index (κ3) is 1.87. The third-order valence-electron chi connectivity index (χ3n) is 2.02. The molecule has 1 aromatic carbocycles. The molecule has 5 nitrogen and oxygen atoms in total. The zero-order valence-electron chi connectivity index (χ0n) is 8.04. The fourth-order valence-corrected chi connectivity index (χ4v) is 1.98. The molecule has 0 aliphatic rings. The van der Waals surface area contributed by atoms with Gasteiger partial charge in [0.2, 0.25) is 0 Å².